The summed E-state index contributed by atoms with van der Waals surface area (Å²) in [6, 6.07) is 1.25. The molecule has 2 rings (SSSR count). The predicted octanol–water partition coefficient (Wildman–Crippen LogP) is 2.50. The van der Waals surface area contributed by atoms with Gasteiger partial charge in [-0.1, -0.05) is 13.3 Å². The number of nitrogens with zero attached hydrogens (tertiary/aromatic N) is 2. The Morgan fingerprint density at radius 3 is 2.80 bits per heavy atom. The molecule has 1 aromatic heterocycles. The van der Waals surface area contributed by atoms with Crippen LogP contribution < -0.4 is 5.32 Å². The first-order valence-electron chi connectivity index (χ1n) is 6.11. The van der Waals surface area contributed by atoms with Gasteiger partial charge >= 0.3 is 0 Å². The Balaban J connectivity index is 1.97. The normalized spacial score (nSPS) is 18.8. The van der Waals surface area contributed by atoms with Crippen molar-refractivity contribution in [1.29, 1.82) is 0 Å². The van der Waals surface area contributed by atoms with Crippen LogP contribution in [-0.4, -0.2) is 15.8 Å². The van der Waals surface area contributed by atoms with Crippen LogP contribution in [0.2, 0.25) is 0 Å². The van der Waals surface area contributed by atoms with Crippen LogP contribution in [0.3, 0.4) is 0 Å². The largest absolute Gasteiger partial charge is 0.307 e. The third-order valence-corrected chi connectivity index (χ3v) is 3.33. The SMILES string of the molecule is CCC(NC1CCC1)c1cnn(CC)c1. The fraction of sp³-hybridized carbons (Fsp3) is 0.750. The first-order chi connectivity index (χ1) is 7.33. The van der Waals surface area contributed by atoms with Gasteiger partial charge in [0.25, 0.3) is 0 Å². The molecular weight excluding hydrogens is 186 g/mol. The van der Waals surface area contributed by atoms with Crippen molar-refractivity contribution in [3.8, 4) is 0 Å². The lowest BCUT2D eigenvalue weighted by Gasteiger charge is -2.30. The third kappa shape index (κ3) is 2.40. The summed E-state index contributed by atoms with van der Waals surface area (Å²) in [6.07, 6.45) is 9.40. The topological polar surface area (TPSA) is 29.9 Å². The summed E-state index contributed by atoms with van der Waals surface area (Å²) in [5.41, 5.74) is 1.34. The van der Waals surface area contributed by atoms with E-state index >= 15 is 0 Å². The van der Waals surface area contributed by atoms with Crippen molar-refractivity contribution in [2.24, 2.45) is 0 Å². The van der Waals surface area contributed by atoms with Gasteiger partial charge < -0.3 is 5.32 Å². The molecule has 84 valence electrons. The number of aromatic nitrogens is 2. The quantitative estimate of drug-likeness (QED) is 0.804. The predicted molar refractivity (Wildman–Crippen MR) is 61.7 cm³/mol. The monoisotopic (exact) mass is 207 g/mol. The number of hydrogen-bond donors (Lipinski definition) is 1. The molecule has 0 aliphatic heterocycles. The van der Waals surface area contributed by atoms with Crippen LogP contribution in [0.25, 0.3) is 0 Å². The third-order valence-electron chi connectivity index (χ3n) is 3.33. The van der Waals surface area contributed by atoms with E-state index < -0.39 is 0 Å². The summed E-state index contributed by atoms with van der Waals surface area (Å²) in [5.74, 6) is 0. The van der Waals surface area contributed by atoms with Crippen LogP contribution in [0.5, 0.6) is 0 Å². The zero-order valence-electron chi connectivity index (χ0n) is 9.74. The van der Waals surface area contributed by atoms with Gasteiger partial charge in [0.05, 0.1) is 6.20 Å². The molecule has 0 aromatic carbocycles. The second-order valence-electron chi connectivity index (χ2n) is 4.38. The van der Waals surface area contributed by atoms with Crippen molar-refractivity contribution in [2.45, 2.75) is 58.2 Å². The molecule has 3 heteroatoms. The van der Waals surface area contributed by atoms with E-state index in [1.807, 2.05) is 10.9 Å². The molecule has 1 aliphatic carbocycles. The van der Waals surface area contributed by atoms with Crippen molar-refractivity contribution < 1.29 is 0 Å². The van der Waals surface area contributed by atoms with Gasteiger partial charge in [-0.3, -0.25) is 4.68 Å². The van der Waals surface area contributed by atoms with Gasteiger partial charge in [-0.25, -0.2) is 0 Å². The van der Waals surface area contributed by atoms with Gasteiger partial charge in [0.2, 0.25) is 0 Å². The molecule has 3 nitrogen and oxygen atoms in total. The van der Waals surface area contributed by atoms with Crippen LogP contribution in [0, 0.1) is 0 Å². The van der Waals surface area contributed by atoms with Gasteiger partial charge in [0.1, 0.15) is 0 Å². The number of rotatable bonds is 5. The molecule has 1 heterocycles. The highest BCUT2D eigenvalue weighted by molar-refractivity contribution is 5.10. The number of nitrogens with one attached hydrogen (secondary N) is 1. The molecule has 1 unspecified atom stereocenters. The van der Waals surface area contributed by atoms with Crippen LogP contribution in [-0.2, 0) is 6.54 Å². The van der Waals surface area contributed by atoms with Crippen molar-refractivity contribution in [3.63, 3.8) is 0 Å². The van der Waals surface area contributed by atoms with Crippen LogP contribution >= 0.6 is 0 Å². The lowest BCUT2D eigenvalue weighted by molar-refractivity contribution is 0.301. The Labute approximate surface area is 91.9 Å². The Bertz CT molecular complexity index is 302. The summed E-state index contributed by atoms with van der Waals surface area (Å²) in [6.45, 7) is 5.32. The molecule has 1 aromatic rings. The fourth-order valence-corrected chi connectivity index (χ4v) is 2.04. The summed E-state index contributed by atoms with van der Waals surface area (Å²) in [5, 5.41) is 8.03. The number of hydrogen-bond acceptors (Lipinski definition) is 2. The Morgan fingerprint density at radius 1 is 1.53 bits per heavy atom. The Morgan fingerprint density at radius 2 is 2.33 bits per heavy atom. The van der Waals surface area contributed by atoms with Gasteiger partial charge in [-0.2, -0.15) is 5.10 Å². The lowest BCUT2D eigenvalue weighted by atomic mass is 9.91. The zero-order valence-corrected chi connectivity index (χ0v) is 9.74. The summed E-state index contributed by atoms with van der Waals surface area (Å²) >= 11 is 0. The minimum atomic E-state index is 0.496. The Kier molecular flexibility index (Phi) is 3.41. The van der Waals surface area contributed by atoms with Crippen LogP contribution in [0.1, 0.15) is 51.1 Å². The molecule has 0 saturated heterocycles. The second kappa shape index (κ2) is 4.79. The molecule has 15 heavy (non-hydrogen) atoms. The van der Waals surface area contributed by atoms with E-state index in [1.54, 1.807) is 0 Å². The molecule has 1 saturated carbocycles. The van der Waals surface area contributed by atoms with Crippen molar-refractivity contribution >= 4 is 0 Å². The van der Waals surface area contributed by atoms with E-state index in [4.69, 9.17) is 0 Å². The highest BCUT2D eigenvalue weighted by atomic mass is 15.3. The standard InChI is InChI=1S/C12H21N3/c1-3-12(14-11-6-5-7-11)10-8-13-15(4-2)9-10/h8-9,11-12,14H,3-7H2,1-2H3. The molecule has 1 atom stereocenters. The van der Waals surface area contributed by atoms with E-state index in [1.165, 1.54) is 24.8 Å². The first kappa shape index (κ1) is 10.7. The smallest absolute Gasteiger partial charge is 0.0537 e. The molecular formula is C12H21N3. The highest BCUT2D eigenvalue weighted by Gasteiger charge is 2.21. The minimum absolute atomic E-state index is 0.496. The lowest BCUT2D eigenvalue weighted by Crippen LogP contribution is -2.37. The van der Waals surface area contributed by atoms with E-state index in [9.17, 15) is 0 Å². The molecule has 1 N–H and O–H groups in total. The summed E-state index contributed by atoms with van der Waals surface area (Å²) in [4.78, 5) is 0. The average molecular weight is 207 g/mol. The van der Waals surface area contributed by atoms with E-state index in [-0.39, 0.29) is 0 Å². The zero-order chi connectivity index (χ0) is 10.7. The second-order valence-corrected chi connectivity index (χ2v) is 4.38. The Hall–Kier alpha value is -0.830. The maximum absolute atomic E-state index is 4.33. The van der Waals surface area contributed by atoms with Crippen molar-refractivity contribution in [2.75, 3.05) is 0 Å². The summed E-state index contributed by atoms with van der Waals surface area (Å²) < 4.78 is 2.00. The van der Waals surface area contributed by atoms with Gasteiger partial charge in [-0.05, 0) is 26.2 Å². The van der Waals surface area contributed by atoms with Crippen LogP contribution in [0.15, 0.2) is 12.4 Å². The average Bonchev–Trinajstić information content (AvgIpc) is 2.65. The maximum Gasteiger partial charge on any atom is 0.0537 e. The van der Waals surface area contributed by atoms with E-state index in [0.29, 0.717) is 6.04 Å². The van der Waals surface area contributed by atoms with Gasteiger partial charge in [0.15, 0.2) is 0 Å². The minimum Gasteiger partial charge on any atom is -0.307 e. The molecule has 1 fully saturated rings. The maximum atomic E-state index is 4.33. The van der Waals surface area contributed by atoms with E-state index in [2.05, 4.69) is 30.5 Å². The molecule has 0 spiro atoms. The van der Waals surface area contributed by atoms with Gasteiger partial charge in [-0.15, -0.1) is 0 Å². The van der Waals surface area contributed by atoms with Crippen LogP contribution in [0.4, 0.5) is 0 Å². The molecule has 0 radical (unpaired) electrons. The fourth-order valence-electron chi connectivity index (χ4n) is 2.04. The van der Waals surface area contributed by atoms with Gasteiger partial charge in [0, 0.05) is 30.4 Å². The van der Waals surface area contributed by atoms with Crippen molar-refractivity contribution in [3.05, 3.63) is 18.0 Å². The van der Waals surface area contributed by atoms with Crippen molar-refractivity contribution in [1.82, 2.24) is 15.1 Å². The molecule has 1 aliphatic rings. The van der Waals surface area contributed by atoms with E-state index in [0.717, 1.165) is 19.0 Å². The molecule has 0 bridgehead atoms. The summed E-state index contributed by atoms with van der Waals surface area (Å²) in [7, 11) is 0. The first-order valence-corrected chi connectivity index (χ1v) is 6.11. The molecule has 0 amide bonds. The highest BCUT2D eigenvalue weighted by Crippen LogP contribution is 2.24. The number of aryl methyl sites for hydroxylation is 1.